The second-order valence-corrected chi connectivity index (χ2v) is 1.70. The van der Waals surface area contributed by atoms with Gasteiger partial charge in [-0.15, -0.1) is 0 Å². The van der Waals surface area contributed by atoms with Crippen molar-refractivity contribution in [1.29, 1.82) is 0 Å². The number of aromatic nitrogens is 2. The fourth-order valence-electron chi connectivity index (χ4n) is 0.514. The van der Waals surface area contributed by atoms with Crippen LogP contribution in [-0.4, -0.2) is 16.3 Å². The molecule has 0 fully saturated rings. The van der Waals surface area contributed by atoms with Crippen molar-refractivity contribution in [2.45, 2.75) is 0 Å². The number of nitrogens with zero attached hydrogens (tertiary/aromatic N) is 2. The summed E-state index contributed by atoms with van der Waals surface area (Å²) in [5.74, 6) is 0.200. The lowest BCUT2D eigenvalue weighted by molar-refractivity contribution is 0.111. The molecule has 0 spiro atoms. The van der Waals surface area contributed by atoms with E-state index in [2.05, 4.69) is 16.5 Å². The van der Waals surface area contributed by atoms with Crippen molar-refractivity contribution in [1.82, 2.24) is 9.97 Å². The quantitative estimate of drug-likeness (QED) is 0.565. The molecule has 10 heavy (non-hydrogen) atoms. The Morgan fingerprint density at radius 3 is 2.40 bits per heavy atom. The van der Waals surface area contributed by atoms with Crippen LogP contribution in [0, 0.1) is 0 Å². The second-order valence-electron chi connectivity index (χ2n) is 1.70. The Morgan fingerprint density at radius 1 is 1.40 bits per heavy atom. The zero-order valence-electron chi connectivity index (χ0n) is 5.32. The summed E-state index contributed by atoms with van der Waals surface area (Å²) in [6, 6.07) is 0. The molecule has 0 aliphatic rings. The second kappa shape index (κ2) is 2.87. The van der Waals surface area contributed by atoms with Gasteiger partial charge < -0.3 is 0 Å². The minimum atomic E-state index is 0.200. The zero-order valence-corrected chi connectivity index (χ0v) is 5.32. The first-order valence-electron chi connectivity index (χ1n) is 2.76. The average molecular weight is 134 g/mol. The van der Waals surface area contributed by atoms with Gasteiger partial charge in [-0.25, -0.2) is 9.97 Å². The van der Waals surface area contributed by atoms with E-state index in [1.165, 1.54) is 0 Å². The van der Waals surface area contributed by atoms with E-state index in [4.69, 9.17) is 0 Å². The SMILES string of the molecule is C=Cc1cnc(C=O)nc1. The van der Waals surface area contributed by atoms with Gasteiger partial charge in [0, 0.05) is 18.0 Å². The van der Waals surface area contributed by atoms with Gasteiger partial charge in [0.05, 0.1) is 0 Å². The lowest BCUT2D eigenvalue weighted by Gasteiger charge is -1.89. The van der Waals surface area contributed by atoms with Gasteiger partial charge >= 0.3 is 0 Å². The molecular weight excluding hydrogens is 128 g/mol. The third kappa shape index (κ3) is 1.25. The molecule has 3 heteroatoms. The molecule has 1 aromatic rings. The minimum absolute atomic E-state index is 0.200. The number of rotatable bonds is 2. The molecule has 0 saturated carbocycles. The van der Waals surface area contributed by atoms with Crippen LogP contribution in [0.3, 0.4) is 0 Å². The Labute approximate surface area is 58.4 Å². The molecule has 1 aromatic heterocycles. The van der Waals surface area contributed by atoms with Gasteiger partial charge in [0.1, 0.15) is 0 Å². The summed E-state index contributed by atoms with van der Waals surface area (Å²) < 4.78 is 0. The van der Waals surface area contributed by atoms with Crippen LogP contribution in [0.4, 0.5) is 0 Å². The molecule has 0 radical (unpaired) electrons. The molecule has 0 unspecified atom stereocenters. The summed E-state index contributed by atoms with van der Waals surface area (Å²) in [6.07, 6.45) is 5.31. The molecule has 0 amide bonds. The topological polar surface area (TPSA) is 42.9 Å². The van der Waals surface area contributed by atoms with Gasteiger partial charge in [-0.2, -0.15) is 0 Å². The van der Waals surface area contributed by atoms with Crippen LogP contribution in [0.25, 0.3) is 6.08 Å². The summed E-state index contributed by atoms with van der Waals surface area (Å²) >= 11 is 0. The van der Waals surface area contributed by atoms with Crippen LogP contribution in [-0.2, 0) is 0 Å². The fraction of sp³-hybridized carbons (Fsp3) is 0. The van der Waals surface area contributed by atoms with Gasteiger partial charge in [0.2, 0.25) is 0 Å². The standard InChI is InChI=1S/C7H6N2O/c1-2-6-3-8-7(5-10)9-4-6/h2-5H,1H2. The highest BCUT2D eigenvalue weighted by molar-refractivity contribution is 5.68. The molecule has 3 nitrogen and oxygen atoms in total. The molecule has 50 valence electrons. The Morgan fingerprint density at radius 2 is 2.00 bits per heavy atom. The predicted molar refractivity (Wildman–Crippen MR) is 37.5 cm³/mol. The Kier molecular flexibility index (Phi) is 1.89. The van der Waals surface area contributed by atoms with E-state index >= 15 is 0 Å². The Balaban J connectivity index is 3.00. The number of hydrogen-bond acceptors (Lipinski definition) is 3. The molecule has 0 aliphatic heterocycles. The van der Waals surface area contributed by atoms with E-state index in [9.17, 15) is 4.79 Å². The van der Waals surface area contributed by atoms with E-state index in [1.807, 2.05) is 0 Å². The molecule has 0 atom stereocenters. The Bertz CT molecular complexity index is 213. The van der Waals surface area contributed by atoms with Crippen LogP contribution < -0.4 is 0 Å². The third-order valence-corrected chi connectivity index (χ3v) is 1.03. The lowest BCUT2D eigenvalue weighted by atomic mass is 10.3. The van der Waals surface area contributed by atoms with E-state index in [1.54, 1.807) is 18.5 Å². The maximum atomic E-state index is 10.1. The maximum Gasteiger partial charge on any atom is 0.192 e. The molecule has 1 rings (SSSR count). The van der Waals surface area contributed by atoms with Crippen molar-refractivity contribution in [3.8, 4) is 0 Å². The van der Waals surface area contributed by atoms with Crippen LogP contribution in [0.15, 0.2) is 19.0 Å². The number of hydrogen-bond donors (Lipinski definition) is 0. The summed E-state index contributed by atoms with van der Waals surface area (Å²) in [6.45, 7) is 3.52. The maximum absolute atomic E-state index is 10.1. The Hall–Kier alpha value is -1.51. The molecule has 0 saturated heterocycles. The van der Waals surface area contributed by atoms with Crippen LogP contribution in [0.1, 0.15) is 16.2 Å². The van der Waals surface area contributed by atoms with Crippen LogP contribution in [0.2, 0.25) is 0 Å². The molecule has 0 N–H and O–H groups in total. The van der Waals surface area contributed by atoms with E-state index in [0.717, 1.165) is 5.56 Å². The first-order chi connectivity index (χ1) is 4.86. The first-order valence-corrected chi connectivity index (χ1v) is 2.76. The van der Waals surface area contributed by atoms with E-state index < -0.39 is 0 Å². The smallest absolute Gasteiger partial charge is 0.192 e. The average Bonchev–Trinajstić information content (AvgIpc) is 2.05. The first kappa shape index (κ1) is 6.61. The number of aldehydes is 1. The monoisotopic (exact) mass is 134 g/mol. The highest BCUT2D eigenvalue weighted by Crippen LogP contribution is 1.94. The predicted octanol–water partition coefficient (Wildman–Crippen LogP) is 0.932. The van der Waals surface area contributed by atoms with Crippen molar-refractivity contribution in [3.05, 3.63) is 30.4 Å². The van der Waals surface area contributed by atoms with Gasteiger partial charge in [-0.3, -0.25) is 4.79 Å². The molecule has 1 heterocycles. The molecular formula is C7H6N2O. The minimum Gasteiger partial charge on any atom is -0.294 e. The summed E-state index contributed by atoms with van der Waals surface area (Å²) in [4.78, 5) is 17.5. The van der Waals surface area contributed by atoms with E-state index in [-0.39, 0.29) is 5.82 Å². The van der Waals surface area contributed by atoms with E-state index in [0.29, 0.717) is 6.29 Å². The van der Waals surface area contributed by atoms with Crippen molar-refractivity contribution in [2.75, 3.05) is 0 Å². The third-order valence-electron chi connectivity index (χ3n) is 1.03. The highest BCUT2D eigenvalue weighted by Gasteiger charge is 1.90. The molecule has 0 bridgehead atoms. The van der Waals surface area contributed by atoms with Crippen molar-refractivity contribution >= 4 is 12.4 Å². The van der Waals surface area contributed by atoms with Gasteiger partial charge in [0.15, 0.2) is 12.1 Å². The number of carbonyl (C=O) groups is 1. The largest absolute Gasteiger partial charge is 0.294 e. The lowest BCUT2D eigenvalue weighted by Crippen LogP contribution is -1.90. The van der Waals surface area contributed by atoms with Crippen LogP contribution in [0.5, 0.6) is 0 Å². The summed E-state index contributed by atoms with van der Waals surface area (Å²) in [5.41, 5.74) is 0.811. The van der Waals surface area contributed by atoms with Gasteiger partial charge in [0.25, 0.3) is 0 Å². The number of carbonyl (C=O) groups excluding carboxylic acids is 1. The fourth-order valence-corrected chi connectivity index (χ4v) is 0.514. The molecule has 0 aliphatic carbocycles. The van der Waals surface area contributed by atoms with Crippen molar-refractivity contribution < 1.29 is 4.79 Å². The normalized spacial score (nSPS) is 8.80. The highest BCUT2D eigenvalue weighted by atomic mass is 16.1. The summed E-state index contributed by atoms with van der Waals surface area (Å²) in [7, 11) is 0. The van der Waals surface area contributed by atoms with Gasteiger partial charge in [-0.05, 0) is 0 Å². The molecule has 0 aromatic carbocycles. The van der Waals surface area contributed by atoms with Crippen molar-refractivity contribution in [2.24, 2.45) is 0 Å². The van der Waals surface area contributed by atoms with Crippen LogP contribution >= 0.6 is 0 Å². The van der Waals surface area contributed by atoms with Crippen molar-refractivity contribution in [3.63, 3.8) is 0 Å². The zero-order chi connectivity index (χ0) is 7.40. The van der Waals surface area contributed by atoms with Gasteiger partial charge in [-0.1, -0.05) is 12.7 Å². The summed E-state index contributed by atoms with van der Waals surface area (Å²) in [5, 5.41) is 0.